The molecule has 2 rings (SSSR count). The number of aromatic nitrogens is 2. The minimum absolute atomic E-state index is 0.627. The van der Waals surface area contributed by atoms with Crippen LogP contribution in [-0.4, -0.2) is 10.1 Å². The van der Waals surface area contributed by atoms with Gasteiger partial charge in [-0.2, -0.15) is 0 Å². The maximum Gasteiger partial charge on any atom is 0.258 e. The van der Waals surface area contributed by atoms with E-state index >= 15 is 0 Å². The second-order valence-electron chi connectivity index (χ2n) is 2.57. The van der Waals surface area contributed by atoms with E-state index in [9.17, 15) is 0 Å². The number of nitrogens with zero attached hydrogens (tertiary/aromatic N) is 2. The van der Waals surface area contributed by atoms with Gasteiger partial charge in [0.1, 0.15) is 0 Å². The summed E-state index contributed by atoms with van der Waals surface area (Å²) < 4.78 is 4.97. The summed E-state index contributed by atoms with van der Waals surface area (Å²) >= 11 is 0. The second-order valence-corrected chi connectivity index (χ2v) is 2.57. The zero-order valence-electron chi connectivity index (χ0n) is 6.46. The Morgan fingerprint density at radius 3 is 2.91 bits per heavy atom. The van der Waals surface area contributed by atoms with Gasteiger partial charge in [0.15, 0.2) is 0 Å². The minimum atomic E-state index is 0.627. The Balaban J connectivity index is 2.86. The van der Waals surface area contributed by atoms with E-state index in [4.69, 9.17) is 4.52 Å². The van der Waals surface area contributed by atoms with Crippen molar-refractivity contribution in [2.75, 3.05) is 0 Å². The SMILES string of the molecule is Cc1ccc2c(C)noc2n1. The molecule has 56 valence electrons. The smallest absolute Gasteiger partial charge is 0.258 e. The van der Waals surface area contributed by atoms with Gasteiger partial charge in [-0.05, 0) is 26.0 Å². The van der Waals surface area contributed by atoms with E-state index < -0.39 is 0 Å². The Hall–Kier alpha value is -1.38. The molecule has 0 amide bonds. The molecule has 2 heterocycles. The lowest BCUT2D eigenvalue weighted by Crippen LogP contribution is -1.78. The van der Waals surface area contributed by atoms with Gasteiger partial charge in [0.2, 0.25) is 0 Å². The Bertz CT molecular complexity index is 392. The fraction of sp³-hybridized carbons (Fsp3) is 0.250. The Labute approximate surface area is 64.0 Å². The molecule has 0 aliphatic heterocycles. The fourth-order valence-corrected chi connectivity index (χ4v) is 1.04. The highest BCUT2D eigenvalue weighted by Crippen LogP contribution is 2.14. The lowest BCUT2D eigenvalue weighted by Gasteiger charge is -1.88. The quantitative estimate of drug-likeness (QED) is 0.572. The molecule has 0 radical (unpaired) electrons. The van der Waals surface area contributed by atoms with E-state index in [0.717, 1.165) is 16.8 Å². The van der Waals surface area contributed by atoms with Crippen LogP contribution in [0.15, 0.2) is 16.7 Å². The molecule has 0 spiro atoms. The largest absolute Gasteiger partial charge is 0.336 e. The van der Waals surface area contributed by atoms with Crippen molar-refractivity contribution in [1.82, 2.24) is 10.1 Å². The summed E-state index contributed by atoms with van der Waals surface area (Å²) in [5.74, 6) is 0. The molecule has 0 unspecified atom stereocenters. The van der Waals surface area contributed by atoms with E-state index in [2.05, 4.69) is 10.1 Å². The van der Waals surface area contributed by atoms with Crippen molar-refractivity contribution in [3.8, 4) is 0 Å². The maximum absolute atomic E-state index is 4.97. The molecule has 0 saturated carbocycles. The van der Waals surface area contributed by atoms with Gasteiger partial charge in [0.05, 0.1) is 11.1 Å². The molecule has 0 fully saturated rings. The second kappa shape index (κ2) is 2.05. The zero-order chi connectivity index (χ0) is 7.84. The van der Waals surface area contributed by atoms with E-state index in [0.29, 0.717) is 5.71 Å². The minimum Gasteiger partial charge on any atom is -0.336 e. The van der Waals surface area contributed by atoms with Crippen LogP contribution >= 0.6 is 0 Å². The van der Waals surface area contributed by atoms with E-state index in [-0.39, 0.29) is 0 Å². The third-order valence-electron chi connectivity index (χ3n) is 1.66. The lowest BCUT2D eigenvalue weighted by molar-refractivity contribution is 0.442. The molecular weight excluding hydrogens is 140 g/mol. The summed E-state index contributed by atoms with van der Waals surface area (Å²) in [5.41, 5.74) is 2.48. The van der Waals surface area contributed by atoms with Crippen molar-refractivity contribution in [3.63, 3.8) is 0 Å². The Morgan fingerprint density at radius 1 is 1.27 bits per heavy atom. The molecule has 2 aromatic heterocycles. The first-order valence-corrected chi connectivity index (χ1v) is 3.47. The van der Waals surface area contributed by atoms with Gasteiger partial charge < -0.3 is 4.52 Å². The predicted octanol–water partition coefficient (Wildman–Crippen LogP) is 1.84. The third-order valence-corrected chi connectivity index (χ3v) is 1.66. The van der Waals surface area contributed by atoms with Crippen LogP contribution in [0.4, 0.5) is 0 Å². The van der Waals surface area contributed by atoms with Crippen molar-refractivity contribution in [1.29, 1.82) is 0 Å². The molecule has 0 aliphatic carbocycles. The summed E-state index contributed by atoms with van der Waals surface area (Å²) in [6, 6.07) is 3.93. The summed E-state index contributed by atoms with van der Waals surface area (Å²) in [7, 11) is 0. The van der Waals surface area contributed by atoms with Gasteiger partial charge in [-0.3, -0.25) is 0 Å². The highest BCUT2D eigenvalue weighted by Gasteiger charge is 2.03. The van der Waals surface area contributed by atoms with Gasteiger partial charge in [-0.15, -0.1) is 0 Å². The standard InChI is InChI=1S/C8H8N2O/c1-5-3-4-7-6(2)10-11-8(7)9-5/h3-4H,1-2H3. The molecule has 3 nitrogen and oxygen atoms in total. The van der Waals surface area contributed by atoms with Crippen LogP contribution in [0.3, 0.4) is 0 Å². The van der Waals surface area contributed by atoms with Crippen LogP contribution in [0.25, 0.3) is 11.1 Å². The molecule has 0 N–H and O–H groups in total. The first kappa shape index (κ1) is 6.34. The molecule has 0 aliphatic rings. The first-order valence-electron chi connectivity index (χ1n) is 3.47. The lowest BCUT2D eigenvalue weighted by atomic mass is 10.2. The number of hydrogen-bond donors (Lipinski definition) is 0. The predicted molar refractivity (Wildman–Crippen MR) is 41.3 cm³/mol. The van der Waals surface area contributed by atoms with Gasteiger partial charge in [0, 0.05) is 5.69 Å². The van der Waals surface area contributed by atoms with E-state index in [1.165, 1.54) is 0 Å². The first-order chi connectivity index (χ1) is 5.27. The van der Waals surface area contributed by atoms with Crippen LogP contribution < -0.4 is 0 Å². The summed E-state index contributed by atoms with van der Waals surface area (Å²) in [4.78, 5) is 4.17. The fourth-order valence-electron chi connectivity index (χ4n) is 1.04. The van der Waals surface area contributed by atoms with Crippen molar-refractivity contribution >= 4 is 11.1 Å². The summed E-state index contributed by atoms with van der Waals surface area (Å²) in [6.07, 6.45) is 0. The summed E-state index contributed by atoms with van der Waals surface area (Å²) in [6.45, 7) is 3.83. The van der Waals surface area contributed by atoms with Crippen molar-refractivity contribution in [2.24, 2.45) is 0 Å². The average molecular weight is 148 g/mol. The molecule has 11 heavy (non-hydrogen) atoms. The van der Waals surface area contributed by atoms with Gasteiger partial charge in [-0.1, -0.05) is 5.16 Å². The number of pyridine rings is 1. The number of aryl methyl sites for hydroxylation is 2. The molecule has 0 atom stereocenters. The molecular formula is C8H8N2O. The van der Waals surface area contributed by atoms with Crippen molar-refractivity contribution in [3.05, 3.63) is 23.5 Å². The third kappa shape index (κ3) is 0.888. The van der Waals surface area contributed by atoms with Crippen molar-refractivity contribution in [2.45, 2.75) is 13.8 Å². The van der Waals surface area contributed by atoms with Crippen LogP contribution in [0.1, 0.15) is 11.4 Å². The van der Waals surface area contributed by atoms with E-state index in [1.54, 1.807) is 0 Å². The number of rotatable bonds is 0. The Morgan fingerprint density at radius 2 is 2.09 bits per heavy atom. The van der Waals surface area contributed by atoms with Crippen LogP contribution in [-0.2, 0) is 0 Å². The van der Waals surface area contributed by atoms with Gasteiger partial charge in [-0.25, -0.2) is 4.98 Å². The number of fused-ring (bicyclic) bond motifs is 1. The molecule has 0 saturated heterocycles. The van der Waals surface area contributed by atoms with Crippen molar-refractivity contribution < 1.29 is 4.52 Å². The van der Waals surface area contributed by atoms with E-state index in [1.807, 2.05) is 26.0 Å². The molecule has 3 heteroatoms. The summed E-state index contributed by atoms with van der Waals surface area (Å²) in [5, 5.41) is 4.80. The topological polar surface area (TPSA) is 38.9 Å². The average Bonchev–Trinajstić information content (AvgIpc) is 2.32. The van der Waals surface area contributed by atoms with Gasteiger partial charge >= 0.3 is 0 Å². The number of hydrogen-bond acceptors (Lipinski definition) is 3. The molecule has 0 bridgehead atoms. The molecule has 0 aromatic carbocycles. The highest BCUT2D eigenvalue weighted by molar-refractivity contribution is 5.75. The van der Waals surface area contributed by atoms with Crippen LogP contribution in [0.2, 0.25) is 0 Å². The van der Waals surface area contributed by atoms with Crippen LogP contribution in [0.5, 0.6) is 0 Å². The van der Waals surface area contributed by atoms with Gasteiger partial charge in [0.25, 0.3) is 5.71 Å². The Kier molecular flexibility index (Phi) is 1.18. The maximum atomic E-state index is 4.97. The normalized spacial score (nSPS) is 10.7. The van der Waals surface area contributed by atoms with Crippen LogP contribution in [0, 0.1) is 13.8 Å². The highest BCUT2D eigenvalue weighted by atomic mass is 16.5. The molecule has 2 aromatic rings. The zero-order valence-corrected chi connectivity index (χ0v) is 6.46. The monoisotopic (exact) mass is 148 g/mol.